The van der Waals surface area contributed by atoms with Crippen LogP contribution < -0.4 is 15.4 Å². The van der Waals surface area contributed by atoms with Crippen LogP contribution in [-0.2, 0) is 6.54 Å². The highest BCUT2D eigenvalue weighted by atomic mass is 16.5. The van der Waals surface area contributed by atoms with Gasteiger partial charge in [-0.3, -0.25) is 4.98 Å². The molecule has 0 saturated carbocycles. The van der Waals surface area contributed by atoms with E-state index in [0.717, 1.165) is 22.9 Å². The molecular weight excluding hydrogens is 302 g/mol. The van der Waals surface area contributed by atoms with Gasteiger partial charge in [0, 0.05) is 18.1 Å². The first-order valence-corrected chi connectivity index (χ1v) is 7.80. The summed E-state index contributed by atoms with van der Waals surface area (Å²) in [4.78, 5) is 12.9. The molecule has 1 aromatic carbocycles. The van der Waals surface area contributed by atoms with Gasteiger partial charge in [-0.2, -0.15) is 4.98 Å². The number of nitrogens with zero attached hydrogens (tertiary/aromatic N) is 3. The lowest BCUT2D eigenvalue weighted by molar-refractivity contribution is 0.340. The normalized spacial score (nSPS) is 10.2. The molecule has 0 radical (unpaired) electrons. The van der Waals surface area contributed by atoms with E-state index in [-0.39, 0.29) is 0 Å². The molecule has 2 heterocycles. The smallest absolute Gasteiger partial charge is 0.224 e. The molecule has 3 rings (SSSR count). The first-order valence-electron chi connectivity index (χ1n) is 7.80. The van der Waals surface area contributed by atoms with Crippen molar-refractivity contribution in [2.75, 3.05) is 17.2 Å². The fourth-order valence-electron chi connectivity index (χ4n) is 2.13. The largest absolute Gasteiger partial charge is 0.494 e. The van der Waals surface area contributed by atoms with E-state index in [1.165, 1.54) is 0 Å². The van der Waals surface area contributed by atoms with Gasteiger partial charge in [0.15, 0.2) is 0 Å². The predicted molar refractivity (Wildman–Crippen MR) is 94.5 cm³/mol. The van der Waals surface area contributed by atoms with Crippen molar-refractivity contribution < 1.29 is 4.74 Å². The topological polar surface area (TPSA) is 72.0 Å². The van der Waals surface area contributed by atoms with E-state index in [1.54, 1.807) is 12.4 Å². The molecule has 0 bridgehead atoms. The molecule has 0 amide bonds. The Balaban J connectivity index is 1.62. The van der Waals surface area contributed by atoms with Crippen LogP contribution in [0.15, 0.2) is 60.9 Å². The Hall–Kier alpha value is -3.15. The molecule has 24 heavy (non-hydrogen) atoms. The number of pyridine rings is 1. The molecule has 2 aromatic heterocycles. The number of aromatic nitrogens is 3. The number of hydrogen-bond donors (Lipinski definition) is 2. The maximum atomic E-state index is 5.43. The quantitative estimate of drug-likeness (QED) is 0.692. The molecule has 2 N–H and O–H groups in total. The summed E-state index contributed by atoms with van der Waals surface area (Å²) < 4.78 is 5.43. The van der Waals surface area contributed by atoms with Crippen molar-refractivity contribution in [1.82, 2.24) is 15.0 Å². The Bertz CT molecular complexity index is 762. The summed E-state index contributed by atoms with van der Waals surface area (Å²) in [6, 6.07) is 15.4. The van der Waals surface area contributed by atoms with E-state index < -0.39 is 0 Å². The van der Waals surface area contributed by atoms with Crippen LogP contribution in [-0.4, -0.2) is 21.6 Å². The number of nitrogens with one attached hydrogen (secondary N) is 2. The third kappa shape index (κ3) is 4.42. The molecule has 3 aromatic rings. The zero-order chi connectivity index (χ0) is 16.6. The number of anilines is 3. The van der Waals surface area contributed by atoms with Crippen LogP contribution in [0, 0.1) is 0 Å². The fraction of sp³-hybridized carbons (Fsp3) is 0.167. The van der Waals surface area contributed by atoms with Crippen LogP contribution >= 0.6 is 0 Å². The molecule has 122 valence electrons. The molecule has 0 aliphatic rings. The standard InChI is InChI=1S/C18H19N5O/c1-2-24-16-8-6-14(7-9-16)22-17-10-12-20-18(23-17)21-13-15-5-3-4-11-19-15/h3-12H,2,13H2,1H3,(H2,20,21,22,23). The van der Waals surface area contributed by atoms with Crippen molar-refractivity contribution in [3.8, 4) is 5.75 Å². The zero-order valence-electron chi connectivity index (χ0n) is 13.4. The van der Waals surface area contributed by atoms with E-state index in [1.807, 2.05) is 55.5 Å². The minimum absolute atomic E-state index is 0.552. The molecule has 0 unspecified atom stereocenters. The van der Waals surface area contributed by atoms with Gasteiger partial charge in [-0.25, -0.2) is 4.98 Å². The number of rotatable bonds is 7. The predicted octanol–water partition coefficient (Wildman–Crippen LogP) is 3.63. The molecule has 0 aliphatic carbocycles. The van der Waals surface area contributed by atoms with E-state index in [2.05, 4.69) is 25.6 Å². The van der Waals surface area contributed by atoms with Gasteiger partial charge in [0.25, 0.3) is 0 Å². The summed E-state index contributed by atoms with van der Waals surface area (Å²) in [7, 11) is 0. The van der Waals surface area contributed by atoms with Gasteiger partial charge >= 0.3 is 0 Å². The second-order valence-electron chi connectivity index (χ2n) is 5.02. The molecule has 0 fully saturated rings. The Kier molecular flexibility index (Phi) is 5.19. The van der Waals surface area contributed by atoms with Crippen LogP contribution in [0.1, 0.15) is 12.6 Å². The van der Waals surface area contributed by atoms with Crippen LogP contribution in [0.5, 0.6) is 5.75 Å². The maximum absolute atomic E-state index is 5.43. The first-order chi connectivity index (χ1) is 11.8. The maximum Gasteiger partial charge on any atom is 0.224 e. The molecule has 6 nitrogen and oxygen atoms in total. The van der Waals surface area contributed by atoms with Crippen molar-refractivity contribution in [3.05, 3.63) is 66.6 Å². The van der Waals surface area contributed by atoms with Gasteiger partial charge in [-0.05, 0) is 49.4 Å². The van der Waals surface area contributed by atoms with E-state index in [9.17, 15) is 0 Å². The van der Waals surface area contributed by atoms with E-state index in [4.69, 9.17) is 4.74 Å². The minimum Gasteiger partial charge on any atom is -0.494 e. The molecule has 0 atom stereocenters. The van der Waals surface area contributed by atoms with Crippen molar-refractivity contribution in [2.45, 2.75) is 13.5 Å². The molecule has 0 aliphatic heterocycles. The third-order valence-corrected chi connectivity index (χ3v) is 3.25. The SMILES string of the molecule is CCOc1ccc(Nc2ccnc(NCc3ccccn3)n2)cc1. The highest BCUT2D eigenvalue weighted by molar-refractivity contribution is 5.57. The van der Waals surface area contributed by atoms with Gasteiger partial charge in [-0.15, -0.1) is 0 Å². The van der Waals surface area contributed by atoms with Crippen molar-refractivity contribution in [1.29, 1.82) is 0 Å². The minimum atomic E-state index is 0.552. The highest BCUT2D eigenvalue weighted by Gasteiger charge is 2.01. The first kappa shape index (κ1) is 15.7. The van der Waals surface area contributed by atoms with E-state index >= 15 is 0 Å². The number of benzene rings is 1. The molecule has 6 heteroatoms. The average molecular weight is 321 g/mol. The number of hydrogen-bond acceptors (Lipinski definition) is 6. The summed E-state index contributed by atoms with van der Waals surface area (Å²) in [5.41, 5.74) is 1.87. The van der Waals surface area contributed by atoms with Crippen molar-refractivity contribution in [3.63, 3.8) is 0 Å². The van der Waals surface area contributed by atoms with Gasteiger partial charge in [0.1, 0.15) is 11.6 Å². The lowest BCUT2D eigenvalue weighted by Crippen LogP contribution is -2.05. The molecular formula is C18H19N5O. The lowest BCUT2D eigenvalue weighted by atomic mass is 10.3. The van der Waals surface area contributed by atoms with Gasteiger partial charge in [-0.1, -0.05) is 6.07 Å². The summed E-state index contributed by atoms with van der Waals surface area (Å²) in [5, 5.41) is 6.42. The lowest BCUT2D eigenvalue weighted by Gasteiger charge is -2.09. The Morgan fingerprint density at radius 1 is 0.958 bits per heavy atom. The van der Waals surface area contributed by atoms with Crippen LogP contribution in [0.3, 0.4) is 0 Å². The van der Waals surface area contributed by atoms with Crippen LogP contribution in [0.4, 0.5) is 17.5 Å². The van der Waals surface area contributed by atoms with Crippen LogP contribution in [0.2, 0.25) is 0 Å². The highest BCUT2D eigenvalue weighted by Crippen LogP contribution is 2.19. The summed E-state index contributed by atoms with van der Waals surface area (Å²) in [5.74, 6) is 2.12. The second-order valence-corrected chi connectivity index (χ2v) is 5.02. The van der Waals surface area contributed by atoms with Gasteiger partial charge in [0.05, 0.1) is 18.8 Å². The average Bonchev–Trinajstić information content (AvgIpc) is 2.63. The summed E-state index contributed by atoms with van der Waals surface area (Å²) in [6.45, 7) is 3.20. The van der Waals surface area contributed by atoms with Gasteiger partial charge in [0.2, 0.25) is 5.95 Å². The molecule has 0 saturated heterocycles. The fourth-order valence-corrected chi connectivity index (χ4v) is 2.13. The molecule has 0 spiro atoms. The summed E-state index contributed by atoms with van der Waals surface area (Å²) in [6.07, 6.45) is 3.48. The third-order valence-electron chi connectivity index (χ3n) is 3.25. The Labute approximate surface area is 141 Å². The summed E-state index contributed by atoms with van der Waals surface area (Å²) >= 11 is 0. The van der Waals surface area contributed by atoms with Gasteiger partial charge < -0.3 is 15.4 Å². The Morgan fingerprint density at radius 3 is 2.58 bits per heavy atom. The monoisotopic (exact) mass is 321 g/mol. The number of ether oxygens (including phenoxy) is 1. The Morgan fingerprint density at radius 2 is 1.83 bits per heavy atom. The van der Waals surface area contributed by atoms with Crippen molar-refractivity contribution in [2.24, 2.45) is 0 Å². The van der Waals surface area contributed by atoms with Crippen molar-refractivity contribution >= 4 is 17.5 Å². The zero-order valence-corrected chi connectivity index (χ0v) is 13.4. The van der Waals surface area contributed by atoms with Crippen LogP contribution in [0.25, 0.3) is 0 Å². The van der Waals surface area contributed by atoms with E-state index in [0.29, 0.717) is 19.1 Å². The second kappa shape index (κ2) is 7.92.